The van der Waals surface area contributed by atoms with Gasteiger partial charge in [-0.3, -0.25) is 9.78 Å². The number of halogens is 2. The molecule has 0 bridgehead atoms. The number of hydrogen-bond acceptors (Lipinski definition) is 6. The summed E-state index contributed by atoms with van der Waals surface area (Å²) in [7, 11) is 1.57. The lowest BCUT2D eigenvalue weighted by Crippen LogP contribution is -2.20. The summed E-state index contributed by atoms with van der Waals surface area (Å²) in [5.41, 5.74) is 2.28. The van der Waals surface area contributed by atoms with Gasteiger partial charge in [-0.15, -0.1) is 0 Å². The Hall–Kier alpha value is -3.36. The molecule has 0 amide bonds. The molecule has 1 aliphatic rings. The second kappa shape index (κ2) is 9.12. The van der Waals surface area contributed by atoms with Crippen LogP contribution in [0.2, 0.25) is 5.02 Å². The molecule has 1 fully saturated rings. The molecule has 1 aliphatic heterocycles. The Kier molecular flexibility index (Phi) is 6.02. The van der Waals surface area contributed by atoms with E-state index < -0.39 is 5.82 Å². The maximum atomic E-state index is 14.9. The lowest BCUT2D eigenvalue weighted by atomic mass is 9.88. The minimum atomic E-state index is -0.549. The Morgan fingerprint density at radius 2 is 2.06 bits per heavy atom. The maximum Gasteiger partial charge on any atom is 0.260 e. The van der Waals surface area contributed by atoms with Crippen LogP contribution in [0.3, 0.4) is 0 Å². The minimum Gasteiger partial charge on any atom is -0.481 e. The van der Waals surface area contributed by atoms with E-state index in [1.165, 1.54) is 6.07 Å². The molecule has 0 saturated carbocycles. The lowest BCUT2D eigenvalue weighted by molar-refractivity contribution is 0.00451. The van der Waals surface area contributed by atoms with Crippen molar-refractivity contribution in [3.05, 3.63) is 80.9 Å². The topological polar surface area (TPSA) is 90.0 Å². The molecule has 2 atom stereocenters. The average molecular weight is 481 g/mol. The van der Waals surface area contributed by atoms with Crippen LogP contribution in [0.5, 0.6) is 5.88 Å². The number of nitrogens with one attached hydrogen (secondary N) is 1. The smallest absolute Gasteiger partial charge is 0.260 e. The fraction of sp³-hybridized carbons (Fsp3) is 0.280. The van der Waals surface area contributed by atoms with Gasteiger partial charge in [-0.05, 0) is 55.7 Å². The van der Waals surface area contributed by atoms with E-state index >= 15 is 0 Å². The fourth-order valence-electron chi connectivity index (χ4n) is 4.42. The van der Waals surface area contributed by atoms with Gasteiger partial charge in [-0.25, -0.2) is 14.4 Å². The summed E-state index contributed by atoms with van der Waals surface area (Å²) in [5.74, 6) is 0.474. The fourth-order valence-corrected chi connectivity index (χ4v) is 4.58. The number of ether oxygens (including phenoxy) is 2. The third kappa shape index (κ3) is 4.26. The number of H-pyrrole nitrogens is 1. The zero-order valence-corrected chi connectivity index (χ0v) is 19.4. The van der Waals surface area contributed by atoms with Gasteiger partial charge in [0.25, 0.3) is 5.56 Å². The molecule has 1 saturated heterocycles. The van der Waals surface area contributed by atoms with Crippen molar-refractivity contribution in [1.82, 2.24) is 19.9 Å². The molecule has 0 spiro atoms. The van der Waals surface area contributed by atoms with Gasteiger partial charge in [0, 0.05) is 41.1 Å². The van der Waals surface area contributed by atoms with Crippen molar-refractivity contribution in [2.24, 2.45) is 0 Å². The quantitative estimate of drug-likeness (QED) is 0.435. The van der Waals surface area contributed by atoms with Crippen LogP contribution in [0.15, 0.2) is 47.4 Å². The summed E-state index contributed by atoms with van der Waals surface area (Å²) >= 11 is 5.96. The van der Waals surface area contributed by atoms with E-state index in [1.54, 1.807) is 32.4 Å². The number of aromatic amines is 1. The molecule has 1 N–H and O–H groups in total. The summed E-state index contributed by atoms with van der Waals surface area (Å²) < 4.78 is 26.2. The molecule has 5 rings (SSSR count). The number of fused-ring (bicyclic) bond motifs is 1. The van der Waals surface area contributed by atoms with E-state index in [9.17, 15) is 9.18 Å². The Bertz CT molecular complexity index is 1440. The minimum absolute atomic E-state index is 0.0258. The summed E-state index contributed by atoms with van der Waals surface area (Å²) in [6.45, 7) is 2.25. The van der Waals surface area contributed by atoms with Crippen molar-refractivity contribution in [3.63, 3.8) is 0 Å². The highest BCUT2D eigenvalue weighted by Crippen LogP contribution is 2.39. The van der Waals surface area contributed by atoms with Crippen LogP contribution in [0.4, 0.5) is 4.39 Å². The lowest BCUT2D eigenvalue weighted by Gasteiger charge is -2.30. The summed E-state index contributed by atoms with van der Waals surface area (Å²) in [4.78, 5) is 29.0. The first-order valence-corrected chi connectivity index (χ1v) is 11.3. The first-order valence-electron chi connectivity index (χ1n) is 10.9. The van der Waals surface area contributed by atoms with Crippen molar-refractivity contribution < 1.29 is 13.9 Å². The number of hydrogen-bond donors (Lipinski definition) is 1. The Balaban J connectivity index is 1.61. The van der Waals surface area contributed by atoms with Crippen LogP contribution < -0.4 is 10.3 Å². The Morgan fingerprint density at radius 3 is 2.85 bits per heavy atom. The van der Waals surface area contributed by atoms with Gasteiger partial charge >= 0.3 is 0 Å². The predicted molar refractivity (Wildman–Crippen MR) is 127 cm³/mol. The number of methoxy groups -OCH3 is 1. The van der Waals surface area contributed by atoms with Crippen molar-refractivity contribution >= 4 is 22.5 Å². The molecule has 0 radical (unpaired) electrons. The molecular formula is C25H22ClFN4O3. The van der Waals surface area contributed by atoms with E-state index in [-0.39, 0.29) is 39.2 Å². The third-order valence-corrected chi connectivity index (χ3v) is 6.29. The Labute approximate surface area is 200 Å². The van der Waals surface area contributed by atoms with E-state index in [0.29, 0.717) is 30.2 Å². The zero-order valence-electron chi connectivity index (χ0n) is 18.6. The number of benzene rings is 1. The second-order valence-corrected chi connectivity index (χ2v) is 8.71. The van der Waals surface area contributed by atoms with Crippen molar-refractivity contribution in [1.29, 1.82) is 0 Å². The van der Waals surface area contributed by atoms with Gasteiger partial charge in [0.05, 0.1) is 29.8 Å². The summed E-state index contributed by atoms with van der Waals surface area (Å²) in [6, 6.07) is 9.93. The van der Waals surface area contributed by atoms with Crippen molar-refractivity contribution in [3.8, 4) is 17.1 Å². The van der Waals surface area contributed by atoms with Gasteiger partial charge in [-0.1, -0.05) is 11.6 Å². The SMILES string of the molecule is COc1cc([C@H]2C[C@@H](c3cc4nc(C)[nH]c(=O)c4c(-c4ccc(Cl)cc4F)n3)CCO2)ccn1. The molecule has 34 heavy (non-hydrogen) atoms. The number of aryl methyl sites for hydroxylation is 1. The first-order chi connectivity index (χ1) is 16.4. The molecule has 4 heterocycles. The highest BCUT2D eigenvalue weighted by Gasteiger charge is 2.28. The summed E-state index contributed by atoms with van der Waals surface area (Å²) in [6.07, 6.45) is 2.92. The van der Waals surface area contributed by atoms with Crippen LogP contribution >= 0.6 is 11.6 Å². The third-order valence-electron chi connectivity index (χ3n) is 6.06. The van der Waals surface area contributed by atoms with Crippen molar-refractivity contribution in [2.45, 2.75) is 31.8 Å². The second-order valence-electron chi connectivity index (χ2n) is 8.28. The molecule has 4 aromatic rings. The van der Waals surface area contributed by atoms with Crippen molar-refractivity contribution in [2.75, 3.05) is 13.7 Å². The molecule has 3 aromatic heterocycles. The van der Waals surface area contributed by atoms with E-state index in [1.807, 2.05) is 18.2 Å². The average Bonchev–Trinajstić information content (AvgIpc) is 2.83. The number of aromatic nitrogens is 4. The van der Waals surface area contributed by atoms with Crippen LogP contribution in [-0.2, 0) is 4.74 Å². The molecule has 9 heteroatoms. The highest BCUT2D eigenvalue weighted by molar-refractivity contribution is 6.30. The first kappa shape index (κ1) is 22.4. The maximum absolute atomic E-state index is 14.9. The van der Waals surface area contributed by atoms with Gasteiger partial charge < -0.3 is 14.5 Å². The van der Waals surface area contributed by atoms with Gasteiger partial charge in [0.1, 0.15) is 11.6 Å². The molecular weight excluding hydrogens is 459 g/mol. The van der Waals surface area contributed by atoms with E-state index in [2.05, 4.69) is 15.0 Å². The van der Waals surface area contributed by atoms with Gasteiger partial charge in [0.15, 0.2) is 0 Å². The summed E-state index contributed by atoms with van der Waals surface area (Å²) in [5, 5.41) is 0.516. The Morgan fingerprint density at radius 1 is 1.21 bits per heavy atom. The van der Waals surface area contributed by atoms with Gasteiger partial charge in [-0.2, -0.15) is 0 Å². The normalized spacial score (nSPS) is 18.2. The standard InChI is InChI=1S/C25H22ClFN4O3/c1-13-29-20-12-19(14-6-8-34-21(9-14)15-5-7-28-22(10-15)33-2)31-24(23(20)25(32)30-13)17-4-3-16(26)11-18(17)27/h3-5,7,10-12,14,21H,6,8-9H2,1-2H3,(H,29,30,32)/t14-,21+/m0/s1. The predicted octanol–water partition coefficient (Wildman–Crippen LogP) is 5.12. The van der Waals surface area contributed by atoms with E-state index in [0.717, 1.165) is 17.7 Å². The molecule has 0 unspecified atom stereocenters. The van der Waals surface area contributed by atoms with Crippen LogP contribution in [0.25, 0.3) is 22.2 Å². The molecule has 7 nitrogen and oxygen atoms in total. The largest absolute Gasteiger partial charge is 0.481 e. The van der Waals surface area contributed by atoms with Crippen LogP contribution in [0, 0.1) is 12.7 Å². The molecule has 1 aromatic carbocycles. The van der Waals surface area contributed by atoms with Gasteiger partial charge in [0.2, 0.25) is 5.88 Å². The number of nitrogens with zero attached hydrogens (tertiary/aromatic N) is 3. The van der Waals surface area contributed by atoms with E-state index in [4.69, 9.17) is 26.1 Å². The molecule has 174 valence electrons. The van der Waals surface area contributed by atoms with Crippen LogP contribution in [0.1, 0.15) is 41.9 Å². The number of rotatable bonds is 4. The van der Waals surface area contributed by atoms with Crippen LogP contribution in [-0.4, -0.2) is 33.7 Å². The zero-order chi connectivity index (χ0) is 23.8. The monoisotopic (exact) mass is 480 g/mol. The molecule has 0 aliphatic carbocycles. The number of pyridine rings is 2. The highest BCUT2D eigenvalue weighted by atomic mass is 35.5.